The Hall–Kier alpha value is -1.40. The lowest BCUT2D eigenvalue weighted by Crippen LogP contribution is -2.23. The summed E-state index contributed by atoms with van der Waals surface area (Å²) in [5, 5.41) is 0. The predicted molar refractivity (Wildman–Crippen MR) is 80.4 cm³/mol. The van der Waals surface area contributed by atoms with E-state index < -0.39 is 9.84 Å². The van der Waals surface area contributed by atoms with Crippen LogP contribution in [0.25, 0.3) is 11.0 Å². The minimum absolute atomic E-state index is 0.0879. The van der Waals surface area contributed by atoms with Gasteiger partial charge in [0.1, 0.15) is 5.82 Å². The maximum absolute atomic E-state index is 11.6. The molecule has 0 bridgehead atoms. The van der Waals surface area contributed by atoms with Crippen LogP contribution in [-0.4, -0.2) is 30.3 Å². The highest BCUT2D eigenvalue weighted by atomic mass is 32.2. The number of aryl methyl sites for hydroxylation is 1. The summed E-state index contributed by atoms with van der Waals surface area (Å²) in [4.78, 5) is 4.83. The Kier molecular flexibility index (Phi) is 4.15. The molecule has 0 spiro atoms. The highest BCUT2D eigenvalue weighted by Gasteiger charge is 2.14. The first-order valence-corrected chi connectivity index (χ1v) is 8.63. The largest absolute Gasteiger partial charge is 0.331 e. The van der Waals surface area contributed by atoms with Crippen LogP contribution in [0.2, 0.25) is 0 Å². The van der Waals surface area contributed by atoms with Crippen molar-refractivity contribution in [2.75, 3.05) is 6.26 Å². The zero-order valence-corrected chi connectivity index (χ0v) is 12.9. The first-order chi connectivity index (χ1) is 9.32. The van der Waals surface area contributed by atoms with Crippen LogP contribution in [0.5, 0.6) is 0 Å². The molecule has 110 valence electrons. The molecular formula is C14H21N3O2S. The number of nitrogens with zero attached hydrogens (tertiary/aromatic N) is 2. The van der Waals surface area contributed by atoms with Crippen LogP contribution in [-0.2, 0) is 23.3 Å². The lowest BCUT2D eigenvalue weighted by molar-refractivity contribution is 0.576. The van der Waals surface area contributed by atoms with E-state index in [-0.39, 0.29) is 6.04 Å². The molecule has 0 amide bonds. The molecule has 0 radical (unpaired) electrons. The van der Waals surface area contributed by atoms with Crippen LogP contribution in [0.3, 0.4) is 0 Å². The van der Waals surface area contributed by atoms with Crippen LogP contribution in [0.4, 0.5) is 0 Å². The normalized spacial score (nSPS) is 13.8. The van der Waals surface area contributed by atoms with E-state index in [9.17, 15) is 8.42 Å². The number of hydrogen-bond donors (Lipinski definition) is 1. The molecule has 1 aromatic heterocycles. The molecule has 0 saturated carbocycles. The number of fused-ring (bicyclic) bond motifs is 1. The van der Waals surface area contributed by atoms with Crippen molar-refractivity contribution >= 4 is 20.9 Å². The minimum Gasteiger partial charge on any atom is -0.331 e. The van der Waals surface area contributed by atoms with Gasteiger partial charge in [-0.1, -0.05) is 13.3 Å². The van der Waals surface area contributed by atoms with Crippen molar-refractivity contribution in [3.05, 3.63) is 24.0 Å². The highest BCUT2D eigenvalue weighted by Crippen LogP contribution is 2.20. The first-order valence-electron chi connectivity index (χ1n) is 6.74. The van der Waals surface area contributed by atoms with Gasteiger partial charge in [-0.05, 0) is 24.6 Å². The summed E-state index contributed by atoms with van der Waals surface area (Å²) in [7, 11) is -1.27. The van der Waals surface area contributed by atoms with Crippen LogP contribution in [0, 0.1) is 0 Å². The van der Waals surface area contributed by atoms with Gasteiger partial charge in [-0.25, -0.2) is 13.4 Å². The monoisotopic (exact) mass is 295 g/mol. The number of benzene rings is 1. The number of imidazole rings is 1. The summed E-state index contributed by atoms with van der Waals surface area (Å²) in [6, 6.07) is 5.13. The minimum atomic E-state index is -3.20. The number of aromatic nitrogens is 2. The molecule has 1 unspecified atom stereocenters. The highest BCUT2D eigenvalue weighted by molar-refractivity contribution is 7.90. The van der Waals surface area contributed by atoms with Crippen LogP contribution < -0.4 is 5.73 Å². The third-order valence-corrected chi connectivity index (χ3v) is 4.59. The van der Waals surface area contributed by atoms with Gasteiger partial charge in [0.25, 0.3) is 0 Å². The second-order valence-electron chi connectivity index (χ2n) is 5.26. The molecule has 0 fully saturated rings. The van der Waals surface area contributed by atoms with Crippen molar-refractivity contribution in [3.8, 4) is 0 Å². The predicted octanol–water partition coefficient (Wildman–Crippen LogP) is 1.65. The Balaban J connectivity index is 2.42. The summed E-state index contributed by atoms with van der Waals surface area (Å²) in [5.41, 5.74) is 7.69. The molecule has 1 aromatic carbocycles. The molecule has 0 saturated heterocycles. The van der Waals surface area contributed by atoms with E-state index in [4.69, 9.17) is 5.73 Å². The average molecular weight is 295 g/mol. The SMILES string of the molecule is CCCC(N)Cc1nc2cc(S(C)(=O)=O)ccc2n1C. The fourth-order valence-corrected chi connectivity index (χ4v) is 2.99. The molecule has 5 nitrogen and oxygen atoms in total. The number of rotatable bonds is 5. The van der Waals surface area contributed by atoms with Gasteiger partial charge in [0.05, 0.1) is 15.9 Å². The van der Waals surface area contributed by atoms with Gasteiger partial charge in [0.15, 0.2) is 9.84 Å². The molecule has 0 aliphatic heterocycles. The lowest BCUT2D eigenvalue weighted by atomic mass is 10.1. The third-order valence-electron chi connectivity index (χ3n) is 3.48. The molecule has 0 aliphatic rings. The quantitative estimate of drug-likeness (QED) is 0.909. The van der Waals surface area contributed by atoms with Gasteiger partial charge in [-0.15, -0.1) is 0 Å². The molecular weight excluding hydrogens is 274 g/mol. The van der Waals surface area contributed by atoms with Crippen molar-refractivity contribution in [2.24, 2.45) is 12.8 Å². The topological polar surface area (TPSA) is 78.0 Å². The van der Waals surface area contributed by atoms with Crippen molar-refractivity contribution in [3.63, 3.8) is 0 Å². The zero-order chi connectivity index (χ0) is 14.9. The van der Waals surface area contributed by atoms with E-state index >= 15 is 0 Å². The maximum Gasteiger partial charge on any atom is 0.175 e. The molecule has 1 atom stereocenters. The molecule has 2 rings (SSSR count). The Morgan fingerprint density at radius 2 is 2.10 bits per heavy atom. The second-order valence-corrected chi connectivity index (χ2v) is 7.28. The van der Waals surface area contributed by atoms with E-state index in [1.807, 2.05) is 11.6 Å². The molecule has 1 heterocycles. The van der Waals surface area contributed by atoms with E-state index in [1.165, 1.54) is 6.26 Å². The van der Waals surface area contributed by atoms with Crippen LogP contribution >= 0.6 is 0 Å². The standard InChI is InChI=1S/C14H21N3O2S/c1-4-5-10(15)8-14-16-12-9-11(20(3,18)19)6-7-13(12)17(14)2/h6-7,9-10H,4-5,8,15H2,1-3H3. The van der Waals surface area contributed by atoms with Crippen molar-refractivity contribution in [1.82, 2.24) is 9.55 Å². The maximum atomic E-state index is 11.6. The molecule has 2 aromatic rings. The van der Waals surface area contributed by atoms with Gasteiger partial charge < -0.3 is 10.3 Å². The summed E-state index contributed by atoms with van der Waals surface area (Å²) in [6.45, 7) is 2.10. The van der Waals surface area contributed by atoms with Crippen molar-refractivity contribution in [2.45, 2.75) is 37.1 Å². The zero-order valence-electron chi connectivity index (χ0n) is 12.1. The summed E-state index contributed by atoms with van der Waals surface area (Å²) in [6.07, 6.45) is 3.91. The van der Waals surface area contributed by atoms with E-state index in [1.54, 1.807) is 18.2 Å². The number of hydrogen-bond acceptors (Lipinski definition) is 4. The number of nitrogens with two attached hydrogens (primary N) is 1. The Morgan fingerprint density at radius 3 is 2.70 bits per heavy atom. The summed E-state index contributed by atoms with van der Waals surface area (Å²) >= 11 is 0. The Morgan fingerprint density at radius 1 is 1.40 bits per heavy atom. The van der Waals surface area contributed by atoms with Crippen LogP contribution in [0.15, 0.2) is 23.1 Å². The smallest absolute Gasteiger partial charge is 0.175 e. The summed E-state index contributed by atoms with van der Waals surface area (Å²) < 4.78 is 25.1. The molecule has 6 heteroatoms. The van der Waals surface area contributed by atoms with Gasteiger partial charge >= 0.3 is 0 Å². The Bertz CT molecular complexity index is 719. The molecule has 20 heavy (non-hydrogen) atoms. The Labute approximate surface area is 119 Å². The van der Waals surface area contributed by atoms with Gasteiger partial charge in [0.2, 0.25) is 0 Å². The fourth-order valence-electron chi connectivity index (χ4n) is 2.35. The van der Waals surface area contributed by atoms with Gasteiger partial charge in [-0.3, -0.25) is 0 Å². The third kappa shape index (κ3) is 3.02. The lowest BCUT2D eigenvalue weighted by Gasteiger charge is -2.09. The van der Waals surface area contributed by atoms with E-state index in [2.05, 4.69) is 11.9 Å². The summed E-state index contributed by atoms with van der Waals surface area (Å²) in [5.74, 6) is 0.895. The van der Waals surface area contributed by atoms with E-state index in [0.717, 1.165) is 24.2 Å². The van der Waals surface area contributed by atoms with Gasteiger partial charge in [-0.2, -0.15) is 0 Å². The van der Waals surface area contributed by atoms with Crippen molar-refractivity contribution in [1.29, 1.82) is 0 Å². The van der Waals surface area contributed by atoms with E-state index in [0.29, 0.717) is 16.8 Å². The first kappa shape index (κ1) is 15.0. The van der Waals surface area contributed by atoms with Crippen molar-refractivity contribution < 1.29 is 8.42 Å². The molecule has 2 N–H and O–H groups in total. The van der Waals surface area contributed by atoms with Gasteiger partial charge in [0, 0.05) is 25.8 Å². The molecule has 0 aliphatic carbocycles. The number of sulfone groups is 1. The average Bonchev–Trinajstić information content (AvgIpc) is 2.65. The second kappa shape index (κ2) is 5.54. The van der Waals surface area contributed by atoms with Crippen LogP contribution in [0.1, 0.15) is 25.6 Å². The fraction of sp³-hybridized carbons (Fsp3) is 0.500.